The molecule has 0 saturated carbocycles. The number of benzene rings is 1. The summed E-state index contributed by atoms with van der Waals surface area (Å²) in [7, 11) is 0. The van der Waals surface area contributed by atoms with Crippen molar-refractivity contribution in [2.45, 2.75) is 52.4 Å². The number of unbranched alkanes of at least 4 members (excludes halogenated alkanes) is 4. The summed E-state index contributed by atoms with van der Waals surface area (Å²) in [4.78, 5) is 0. The van der Waals surface area contributed by atoms with Crippen molar-refractivity contribution in [2.24, 2.45) is 0 Å². The van der Waals surface area contributed by atoms with E-state index in [-0.39, 0.29) is 0 Å². The fourth-order valence-corrected chi connectivity index (χ4v) is 1.90. The van der Waals surface area contributed by atoms with Crippen LogP contribution in [0.25, 0.3) is 0 Å². The second-order valence-corrected chi connectivity index (χ2v) is 5.24. The number of allylic oxidation sites excluding steroid dienone is 2. The lowest BCUT2D eigenvalue weighted by Gasteiger charge is -2.06. The molecule has 0 amide bonds. The molecule has 0 fully saturated rings. The monoisotopic (exact) mass is 301 g/mol. The highest BCUT2D eigenvalue weighted by Crippen LogP contribution is 2.18. The van der Waals surface area contributed by atoms with Gasteiger partial charge in [-0.1, -0.05) is 63.8 Å². The van der Waals surface area contributed by atoms with Gasteiger partial charge in [-0.15, -0.1) is 0 Å². The van der Waals surface area contributed by atoms with Crippen LogP contribution >= 0.6 is 0 Å². The van der Waals surface area contributed by atoms with Gasteiger partial charge in [-0.25, -0.2) is 0 Å². The van der Waals surface area contributed by atoms with E-state index >= 15 is 0 Å². The van der Waals surface area contributed by atoms with E-state index < -0.39 is 0 Å². The van der Waals surface area contributed by atoms with E-state index in [4.69, 9.17) is 9.47 Å². The van der Waals surface area contributed by atoms with Gasteiger partial charge < -0.3 is 9.47 Å². The van der Waals surface area contributed by atoms with Crippen LogP contribution in [0.1, 0.15) is 52.4 Å². The SMILES string of the molecule is CCCC/C=C/COc1[c]ccc(OC/C=C/CCCC)c1. The first-order valence-electron chi connectivity index (χ1n) is 8.44. The first kappa shape index (κ1) is 18.3. The van der Waals surface area contributed by atoms with Gasteiger partial charge in [-0.3, -0.25) is 0 Å². The van der Waals surface area contributed by atoms with Crippen LogP contribution in [0.2, 0.25) is 0 Å². The van der Waals surface area contributed by atoms with Crippen LogP contribution in [-0.4, -0.2) is 13.2 Å². The maximum Gasteiger partial charge on any atom is 0.131 e. The third kappa shape index (κ3) is 9.28. The van der Waals surface area contributed by atoms with Gasteiger partial charge in [-0.2, -0.15) is 0 Å². The minimum Gasteiger partial charge on any atom is -0.489 e. The first-order valence-corrected chi connectivity index (χ1v) is 8.44. The molecular weight excluding hydrogens is 272 g/mol. The molecular formula is C20H29O2. The van der Waals surface area contributed by atoms with Gasteiger partial charge in [0.2, 0.25) is 0 Å². The van der Waals surface area contributed by atoms with E-state index in [0.717, 1.165) is 24.3 Å². The molecule has 0 aliphatic heterocycles. The first-order chi connectivity index (χ1) is 10.9. The molecule has 0 atom stereocenters. The zero-order valence-corrected chi connectivity index (χ0v) is 14.0. The average Bonchev–Trinajstić information content (AvgIpc) is 2.54. The van der Waals surface area contributed by atoms with Crippen molar-refractivity contribution in [3.05, 3.63) is 48.6 Å². The minimum atomic E-state index is 0.584. The number of rotatable bonds is 12. The second kappa shape index (κ2) is 13.0. The molecule has 2 nitrogen and oxygen atoms in total. The average molecular weight is 301 g/mol. The van der Waals surface area contributed by atoms with Crippen LogP contribution < -0.4 is 9.47 Å². The third-order valence-corrected chi connectivity index (χ3v) is 3.21. The van der Waals surface area contributed by atoms with Crippen molar-refractivity contribution in [2.75, 3.05) is 13.2 Å². The predicted molar refractivity (Wildman–Crippen MR) is 93.6 cm³/mol. The smallest absolute Gasteiger partial charge is 0.131 e. The van der Waals surface area contributed by atoms with E-state index in [1.165, 1.54) is 25.7 Å². The Labute approximate surface area is 135 Å². The molecule has 2 heteroatoms. The summed E-state index contributed by atoms with van der Waals surface area (Å²) in [5.41, 5.74) is 0. The Bertz CT molecular complexity index is 398. The lowest BCUT2D eigenvalue weighted by molar-refractivity contribution is 0.344. The van der Waals surface area contributed by atoms with Gasteiger partial charge in [0.05, 0.1) is 0 Å². The predicted octanol–water partition coefficient (Wildman–Crippen LogP) is 5.74. The Balaban J connectivity index is 2.26. The second-order valence-electron chi connectivity index (χ2n) is 5.24. The van der Waals surface area contributed by atoms with Crippen molar-refractivity contribution in [1.82, 2.24) is 0 Å². The Hall–Kier alpha value is -1.70. The zero-order valence-electron chi connectivity index (χ0n) is 14.0. The molecule has 0 aliphatic carbocycles. The van der Waals surface area contributed by atoms with Crippen molar-refractivity contribution >= 4 is 0 Å². The van der Waals surface area contributed by atoms with Crippen molar-refractivity contribution in [1.29, 1.82) is 0 Å². The standard InChI is InChI=1S/C20H29O2/c1-3-5-7-9-11-16-21-19-14-13-15-20(18-19)22-17-12-10-8-6-4-2/h9-14,18H,3-8,16-17H2,1-2H3/b11-9+,12-10+. The summed E-state index contributed by atoms with van der Waals surface area (Å²) in [5.74, 6) is 1.55. The van der Waals surface area contributed by atoms with Crippen LogP contribution in [0.3, 0.4) is 0 Å². The molecule has 121 valence electrons. The molecule has 0 aromatic heterocycles. The topological polar surface area (TPSA) is 18.5 Å². The van der Waals surface area contributed by atoms with Gasteiger partial charge in [0.15, 0.2) is 0 Å². The Morgan fingerprint density at radius 3 is 2.18 bits per heavy atom. The molecule has 0 bridgehead atoms. The number of ether oxygens (including phenoxy) is 2. The van der Waals surface area contributed by atoms with E-state index in [2.05, 4.69) is 44.2 Å². The maximum absolute atomic E-state index is 5.68. The molecule has 0 N–H and O–H groups in total. The van der Waals surface area contributed by atoms with Gasteiger partial charge in [0.1, 0.15) is 24.7 Å². The molecule has 1 radical (unpaired) electrons. The van der Waals surface area contributed by atoms with E-state index in [9.17, 15) is 0 Å². The molecule has 1 aromatic carbocycles. The fourth-order valence-electron chi connectivity index (χ4n) is 1.90. The van der Waals surface area contributed by atoms with E-state index in [1.54, 1.807) is 0 Å². The molecule has 0 saturated heterocycles. The molecule has 1 rings (SSSR count). The Morgan fingerprint density at radius 2 is 1.55 bits per heavy atom. The largest absolute Gasteiger partial charge is 0.489 e. The van der Waals surface area contributed by atoms with Crippen molar-refractivity contribution in [3.63, 3.8) is 0 Å². The summed E-state index contributed by atoms with van der Waals surface area (Å²) in [6, 6.07) is 8.71. The number of hydrogen-bond donors (Lipinski definition) is 0. The van der Waals surface area contributed by atoms with Gasteiger partial charge in [0.25, 0.3) is 0 Å². The normalized spacial score (nSPS) is 11.4. The van der Waals surface area contributed by atoms with Crippen molar-refractivity contribution in [3.8, 4) is 11.5 Å². The molecule has 0 unspecified atom stereocenters. The van der Waals surface area contributed by atoms with Crippen LogP contribution in [0.4, 0.5) is 0 Å². The highest BCUT2D eigenvalue weighted by Gasteiger charge is 1.96. The quantitative estimate of drug-likeness (QED) is 0.362. The molecule has 0 aliphatic rings. The Morgan fingerprint density at radius 1 is 0.909 bits per heavy atom. The highest BCUT2D eigenvalue weighted by molar-refractivity contribution is 5.32. The van der Waals surface area contributed by atoms with Crippen LogP contribution in [-0.2, 0) is 0 Å². The van der Waals surface area contributed by atoms with E-state index in [0.29, 0.717) is 13.2 Å². The van der Waals surface area contributed by atoms with E-state index in [1.807, 2.05) is 18.2 Å². The van der Waals surface area contributed by atoms with Gasteiger partial charge in [-0.05, 0) is 25.0 Å². The molecule has 1 aromatic rings. The fraction of sp³-hybridized carbons (Fsp3) is 0.500. The third-order valence-electron chi connectivity index (χ3n) is 3.21. The summed E-state index contributed by atoms with van der Waals surface area (Å²) in [5, 5.41) is 0. The summed E-state index contributed by atoms with van der Waals surface area (Å²) < 4.78 is 11.3. The van der Waals surface area contributed by atoms with Crippen LogP contribution in [0.15, 0.2) is 42.5 Å². The van der Waals surface area contributed by atoms with Gasteiger partial charge >= 0.3 is 0 Å². The maximum atomic E-state index is 5.68. The van der Waals surface area contributed by atoms with Crippen LogP contribution in [0.5, 0.6) is 11.5 Å². The highest BCUT2D eigenvalue weighted by atomic mass is 16.5. The zero-order chi connectivity index (χ0) is 15.9. The van der Waals surface area contributed by atoms with Crippen LogP contribution in [0, 0.1) is 6.07 Å². The summed E-state index contributed by atoms with van der Waals surface area (Å²) in [6.45, 7) is 5.58. The summed E-state index contributed by atoms with van der Waals surface area (Å²) >= 11 is 0. The van der Waals surface area contributed by atoms with Crippen molar-refractivity contribution < 1.29 is 9.47 Å². The van der Waals surface area contributed by atoms with Gasteiger partial charge in [0, 0.05) is 12.1 Å². The molecule has 22 heavy (non-hydrogen) atoms. The minimum absolute atomic E-state index is 0.584. The lowest BCUT2D eigenvalue weighted by Crippen LogP contribution is -1.96. The molecule has 0 spiro atoms. The summed E-state index contributed by atoms with van der Waals surface area (Å²) in [6.07, 6.45) is 15.7. The Kier molecular flexibility index (Phi) is 10.8. The lowest BCUT2D eigenvalue weighted by atomic mass is 10.2. The number of hydrogen-bond acceptors (Lipinski definition) is 2. The molecule has 0 heterocycles.